The summed E-state index contributed by atoms with van der Waals surface area (Å²) in [4.78, 5) is 4.27. The van der Waals surface area contributed by atoms with Crippen LogP contribution < -0.4 is 29.6 Å². The highest BCUT2D eigenvalue weighted by atomic mass is 16.5. The molecule has 0 fully saturated rings. The number of nitrogens with one attached hydrogen (secondary N) is 2. The van der Waals surface area contributed by atoms with Crippen molar-refractivity contribution in [2.75, 3.05) is 42.0 Å². The molecule has 7 heteroatoms. The predicted molar refractivity (Wildman–Crippen MR) is 111 cm³/mol. The first-order valence-corrected chi connectivity index (χ1v) is 9.01. The number of nitrogens with zero attached hydrogens (tertiary/aromatic N) is 1. The maximum atomic E-state index is 5.35. The second-order valence-corrected chi connectivity index (χ2v) is 5.98. The quantitative estimate of drug-likeness (QED) is 0.509. The molecule has 2 N–H and O–H groups in total. The largest absolute Gasteiger partial charge is 0.493 e. The van der Waals surface area contributed by atoms with E-state index in [0.29, 0.717) is 18.0 Å². The highest BCUT2D eigenvalue weighted by molar-refractivity contribution is 5.79. The van der Waals surface area contributed by atoms with Crippen LogP contribution in [0.3, 0.4) is 0 Å². The lowest BCUT2D eigenvalue weighted by Crippen LogP contribution is -2.37. The predicted octanol–water partition coefficient (Wildman–Crippen LogP) is 2.63. The lowest BCUT2D eigenvalue weighted by Gasteiger charge is -2.14. The van der Waals surface area contributed by atoms with Crippen molar-refractivity contribution in [2.45, 2.75) is 13.0 Å². The van der Waals surface area contributed by atoms with Gasteiger partial charge in [-0.15, -0.1) is 0 Å². The van der Waals surface area contributed by atoms with Gasteiger partial charge in [0.05, 0.1) is 28.4 Å². The standard InChI is InChI=1S/C21H29N3O4/c1-22-21(24-14-16-7-9-18(26-3)20(13-16)28-5)23-11-10-15-6-8-17(25-2)19(12-15)27-4/h6-9,12-13H,10-11,14H2,1-5H3,(H2,22,23,24). The lowest BCUT2D eigenvalue weighted by atomic mass is 10.1. The smallest absolute Gasteiger partial charge is 0.191 e. The Bertz CT molecular complexity index is 793. The molecule has 0 radical (unpaired) electrons. The van der Waals surface area contributed by atoms with Crippen molar-refractivity contribution in [1.29, 1.82) is 0 Å². The zero-order valence-electron chi connectivity index (χ0n) is 17.2. The highest BCUT2D eigenvalue weighted by Crippen LogP contribution is 2.28. The van der Waals surface area contributed by atoms with E-state index in [2.05, 4.69) is 15.6 Å². The van der Waals surface area contributed by atoms with Crippen molar-refractivity contribution in [2.24, 2.45) is 4.99 Å². The molecule has 0 saturated carbocycles. The van der Waals surface area contributed by atoms with E-state index in [-0.39, 0.29) is 0 Å². The number of methoxy groups -OCH3 is 4. The molecule has 0 heterocycles. The van der Waals surface area contributed by atoms with Crippen LogP contribution in [0, 0.1) is 0 Å². The van der Waals surface area contributed by atoms with E-state index in [0.717, 1.165) is 41.6 Å². The van der Waals surface area contributed by atoms with Crippen LogP contribution in [0.4, 0.5) is 0 Å². The normalized spacial score (nSPS) is 11.0. The molecule has 0 aromatic heterocycles. The third-order valence-electron chi connectivity index (χ3n) is 4.29. The van der Waals surface area contributed by atoms with Crippen LogP contribution in [-0.2, 0) is 13.0 Å². The molecule has 2 aromatic rings. The van der Waals surface area contributed by atoms with Crippen LogP contribution in [0.1, 0.15) is 11.1 Å². The van der Waals surface area contributed by atoms with Gasteiger partial charge in [-0.05, 0) is 41.8 Å². The molecule has 0 bridgehead atoms. The average molecular weight is 387 g/mol. The van der Waals surface area contributed by atoms with Crippen molar-refractivity contribution in [3.05, 3.63) is 47.5 Å². The molecule has 0 unspecified atom stereocenters. The number of benzene rings is 2. The van der Waals surface area contributed by atoms with Gasteiger partial charge >= 0.3 is 0 Å². The number of guanidine groups is 1. The third kappa shape index (κ3) is 5.70. The first-order chi connectivity index (χ1) is 13.6. The fraction of sp³-hybridized carbons (Fsp3) is 0.381. The van der Waals surface area contributed by atoms with Crippen LogP contribution >= 0.6 is 0 Å². The molecule has 152 valence electrons. The molecule has 2 aromatic carbocycles. The lowest BCUT2D eigenvalue weighted by molar-refractivity contribution is 0.354. The molecule has 0 spiro atoms. The van der Waals surface area contributed by atoms with E-state index >= 15 is 0 Å². The minimum atomic E-state index is 0.621. The Labute approximate surface area is 166 Å². The number of hydrogen-bond donors (Lipinski definition) is 2. The Morgan fingerprint density at radius 3 is 1.82 bits per heavy atom. The van der Waals surface area contributed by atoms with Crippen molar-refractivity contribution < 1.29 is 18.9 Å². The molecule has 7 nitrogen and oxygen atoms in total. The number of rotatable bonds is 9. The van der Waals surface area contributed by atoms with E-state index in [1.54, 1.807) is 35.5 Å². The fourth-order valence-corrected chi connectivity index (χ4v) is 2.76. The molecule has 0 aliphatic heterocycles. The zero-order valence-corrected chi connectivity index (χ0v) is 17.2. The molecule has 2 rings (SSSR count). The number of ether oxygens (including phenoxy) is 4. The van der Waals surface area contributed by atoms with Crippen LogP contribution in [-0.4, -0.2) is 48.0 Å². The van der Waals surface area contributed by atoms with Gasteiger partial charge in [-0.3, -0.25) is 4.99 Å². The summed E-state index contributed by atoms with van der Waals surface area (Å²) >= 11 is 0. The average Bonchev–Trinajstić information content (AvgIpc) is 2.75. The van der Waals surface area contributed by atoms with Gasteiger partial charge in [0.15, 0.2) is 29.0 Å². The summed E-state index contributed by atoms with van der Waals surface area (Å²) < 4.78 is 21.2. The SMILES string of the molecule is CN=C(NCCc1ccc(OC)c(OC)c1)NCc1ccc(OC)c(OC)c1. The van der Waals surface area contributed by atoms with Crippen LogP contribution in [0.2, 0.25) is 0 Å². The summed E-state index contributed by atoms with van der Waals surface area (Å²) in [5.74, 6) is 3.61. The number of aliphatic imine (C=N–C) groups is 1. The Morgan fingerprint density at radius 1 is 0.750 bits per heavy atom. The Kier molecular flexibility index (Phi) is 8.27. The van der Waals surface area contributed by atoms with Gasteiger partial charge < -0.3 is 29.6 Å². The molecular formula is C21H29N3O4. The third-order valence-corrected chi connectivity index (χ3v) is 4.29. The summed E-state index contributed by atoms with van der Waals surface area (Å²) in [5, 5.41) is 6.62. The van der Waals surface area contributed by atoms with Crippen molar-refractivity contribution >= 4 is 5.96 Å². The Morgan fingerprint density at radius 2 is 1.29 bits per heavy atom. The van der Waals surface area contributed by atoms with Gasteiger partial charge in [-0.2, -0.15) is 0 Å². The van der Waals surface area contributed by atoms with Gasteiger partial charge in [0.25, 0.3) is 0 Å². The molecular weight excluding hydrogens is 358 g/mol. The summed E-state index contributed by atoms with van der Waals surface area (Å²) in [6, 6.07) is 11.8. The van der Waals surface area contributed by atoms with Gasteiger partial charge in [-0.1, -0.05) is 12.1 Å². The molecule has 0 amide bonds. The summed E-state index contributed by atoms with van der Waals surface area (Å²) in [6.45, 7) is 1.36. The first kappa shape index (κ1) is 21.2. The Hall–Kier alpha value is -3.09. The van der Waals surface area contributed by atoms with E-state index in [9.17, 15) is 0 Å². The monoisotopic (exact) mass is 387 g/mol. The van der Waals surface area contributed by atoms with E-state index in [1.807, 2.05) is 36.4 Å². The van der Waals surface area contributed by atoms with Crippen LogP contribution in [0.25, 0.3) is 0 Å². The van der Waals surface area contributed by atoms with Crippen LogP contribution in [0.15, 0.2) is 41.4 Å². The fourth-order valence-electron chi connectivity index (χ4n) is 2.76. The van der Waals surface area contributed by atoms with Gasteiger partial charge in [0.1, 0.15) is 0 Å². The van der Waals surface area contributed by atoms with Gasteiger partial charge in [-0.25, -0.2) is 0 Å². The first-order valence-electron chi connectivity index (χ1n) is 9.01. The van der Waals surface area contributed by atoms with Crippen molar-refractivity contribution in [3.8, 4) is 23.0 Å². The minimum Gasteiger partial charge on any atom is -0.493 e. The van der Waals surface area contributed by atoms with Gasteiger partial charge in [0.2, 0.25) is 0 Å². The molecule has 0 atom stereocenters. The van der Waals surface area contributed by atoms with Gasteiger partial charge in [0, 0.05) is 20.1 Å². The molecule has 28 heavy (non-hydrogen) atoms. The molecule has 0 saturated heterocycles. The molecule has 0 aliphatic carbocycles. The second-order valence-electron chi connectivity index (χ2n) is 5.98. The zero-order chi connectivity index (χ0) is 20.4. The summed E-state index contributed by atoms with van der Waals surface area (Å²) in [5.41, 5.74) is 2.22. The summed E-state index contributed by atoms with van der Waals surface area (Å²) in [6.07, 6.45) is 0.831. The van der Waals surface area contributed by atoms with E-state index in [4.69, 9.17) is 18.9 Å². The summed E-state index contributed by atoms with van der Waals surface area (Å²) in [7, 11) is 8.27. The minimum absolute atomic E-state index is 0.621. The van der Waals surface area contributed by atoms with Crippen LogP contribution in [0.5, 0.6) is 23.0 Å². The number of hydrogen-bond acceptors (Lipinski definition) is 5. The maximum Gasteiger partial charge on any atom is 0.191 e. The van der Waals surface area contributed by atoms with Crippen molar-refractivity contribution in [1.82, 2.24) is 10.6 Å². The van der Waals surface area contributed by atoms with E-state index in [1.165, 1.54) is 0 Å². The topological polar surface area (TPSA) is 73.3 Å². The van der Waals surface area contributed by atoms with E-state index < -0.39 is 0 Å². The second kappa shape index (κ2) is 10.9. The maximum absolute atomic E-state index is 5.35. The Balaban J connectivity index is 1.86. The van der Waals surface area contributed by atoms with Crippen molar-refractivity contribution in [3.63, 3.8) is 0 Å². The highest BCUT2D eigenvalue weighted by Gasteiger charge is 2.07. The molecule has 0 aliphatic rings.